The fourth-order valence-corrected chi connectivity index (χ4v) is 4.49. The van der Waals surface area contributed by atoms with Crippen LogP contribution in [0.5, 0.6) is 5.75 Å². The molecule has 0 saturated carbocycles. The van der Waals surface area contributed by atoms with Gasteiger partial charge in [-0.25, -0.2) is 4.98 Å². The highest BCUT2D eigenvalue weighted by Crippen LogP contribution is 2.37. The van der Waals surface area contributed by atoms with Crippen molar-refractivity contribution >= 4 is 43.1 Å². The lowest BCUT2D eigenvalue weighted by Gasteiger charge is -2.00. The predicted octanol–water partition coefficient (Wildman–Crippen LogP) is 4.62. The van der Waals surface area contributed by atoms with Crippen LogP contribution >= 0.6 is 32.9 Å². The van der Waals surface area contributed by atoms with Crippen LogP contribution in [-0.2, 0) is 0 Å². The van der Waals surface area contributed by atoms with E-state index in [2.05, 4.69) is 17.6 Å². The first-order valence-electron chi connectivity index (χ1n) is 5.27. The van der Waals surface area contributed by atoms with Crippen LogP contribution in [0.25, 0.3) is 10.2 Å². The third-order valence-electron chi connectivity index (χ3n) is 1.97. The second-order valence-corrected chi connectivity index (χ2v) is 6.82. The van der Waals surface area contributed by atoms with Crippen molar-refractivity contribution in [2.75, 3.05) is 12.4 Å². The summed E-state index contributed by atoms with van der Waals surface area (Å²) in [5.74, 6) is 1.85. The number of fused-ring (bicyclic) bond motifs is 1. The van der Waals surface area contributed by atoms with Crippen molar-refractivity contribution in [1.29, 1.82) is 0 Å². The molecule has 1 heterocycles. The van der Waals surface area contributed by atoms with E-state index < -0.39 is 0 Å². The molecular weight excluding hydrogens is 270 g/mol. The molecular formula is C12H13NOS3. The van der Waals surface area contributed by atoms with Crippen molar-refractivity contribution in [3.63, 3.8) is 0 Å². The van der Waals surface area contributed by atoms with Gasteiger partial charge in [0.05, 0.1) is 16.8 Å². The number of benzene rings is 1. The first-order valence-corrected chi connectivity index (χ1v) is 8.40. The highest BCUT2D eigenvalue weighted by atomic mass is 33.1. The van der Waals surface area contributed by atoms with Gasteiger partial charge < -0.3 is 4.74 Å². The van der Waals surface area contributed by atoms with Gasteiger partial charge in [-0.15, -0.1) is 17.9 Å². The summed E-state index contributed by atoms with van der Waals surface area (Å²) in [6, 6.07) is 6.04. The zero-order valence-electron chi connectivity index (χ0n) is 9.51. The molecule has 0 spiro atoms. The number of nitrogens with zero attached hydrogens (tertiary/aromatic N) is 1. The number of hydrogen-bond acceptors (Lipinski definition) is 5. The molecule has 5 heteroatoms. The fourth-order valence-electron chi connectivity index (χ4n) is 1.31. The molecule has 1 aromatic carbocycles. The molecule has 0 aliphatic rings. The van der Waals surface area contributed by atoms with Crippen LogP contribution in [0.3, 0.4) is 0 Å². The van der Waals surface area contributed by atoms with Gasteiger partial charge >= 0.3 is 0 Å². The summed E-state index contributed by atoms with van der Waals surface area (Å²) in [4.78, 5) is 4.56. The molecule has 0 amide bonds. The molecule has 2 nitrogen and oxygen atoms in total. The molecule has 2 aromatic rings. The maximum atomic E-state index is 5.48. The Balaban J connectivity index is 2.15. The van der Waals surface area contributed by atoms with Crippen LogP contribution in [0.15, 0.2) is 35.2 Å². The van der Waals surface area contributed by atoms with Gasteiger partial charge in [0.1, 0.15) is 5.75 Å². The van der Waals surface area contributed by atoms with Gasteiger partial charge in [0.15, 0.2) is 4.34 Å². The Hall–Kier alpha value is -0.650. The minimum absolute atomic E-state index is 0.696. The van der Waals surface area contributed by atoms with Crippen LogP contribution in [0, 0.1) is 0 Å². The number of thiazole rings is 1. The van der Waals surface area contributed by atoms with Crippen molar-refractivity contribution in [3.8, 4) is 5.75 Å². The van der Waals surface area contributed by atoms with Crippen LogP contribution in [0.2, 0.25) is 0 Å². The highest BCUT2D eigenvalue weighted by molar-refractivity contribution is 8.77. The van der Waals surface area contributed by atoms with E-state index in [4.69, 9.17) is 4.74 Å². The van der Waals surface area contributed by atoms with Gasteiger partial charge in [-0.05, 0) is 35.9 Å². The molecule has 0 aliphatic heterocycles. The Labute approximate surface area is 113 Å². The Morgan fingerprint density at radius 1 is 1.53 bits per heavy atom. The maximum absolute atomic E-state index is 5.48. The minimum atomic E-state index is 0.696. The summed E-state index contributed by atoms with van der Waals surface area (Å²) in [6.45, 7) is 6.38. The summed E-state index contributed by atoms with van der Waals surface area (Å²) in [7, 11) is 3.45. The Morgan fingerprint density at radius 2 is 2.41 bits per heavy atom. The Bertz CT molecular complexity index is 509. The molecule has 0 N–H and O–H groups in total. The number of ether oxygens (including phenoxy) is 1. The fraction of sp³-hybridized carbons (Fsp3) is 0.250. The normalized spacial score (nSPS) is 10.6. The lowest BCUT2D eigenvalue weighted by Crippen LogP contribution is -1.89. The van der Waals surface area contributed by atoms with Crippen LogP contribution in [-0.4, -0.2) is 17.3 Å². The molecule has 0 saturated heterocycles. The van der Waals surface area contributed by atoms with E-state index in [1.54, 1.807) is 32.9 Å². The molecule has 0 aliphatic carbocycles. The average molecular weight is 283 g/mol. The lowest BCUT2D eigenvalue weighted by atomic mass is 10.3. The smallest absolute Gasteiger partial charge is 0.161 e. The molecule has 0 radical (unpaired) electrons. The van der Waals surface area contributed by atoms with Crippen molar-refractivity contribution in [2.45, 2.75) is 11.3 Å². The van der Waals surface area contributed by atoms with E-state index in [1.165, 1.54) is 4.70 Å². The Morgan fingerprint density at radius 3 is 3.18 bits per heavy atom. The van der Waals surface area contributed by atoms with Crippen molar-refractivity contribution in [2.24, 2.45) is 0 Å². The SMILES string of the molecule is C=CCSSc1nc2ccc(OCC)cc2s1. The molecule has 2 rings (SSSR count). The van der Waals surface area contributed by atoms with Gasteiger partial charge in [-0.1, -0.05) is 16.9 Å². The standard InChI is InChI=1S/C12H13NOS3/c1-3-7-15-17-12-13-10-6-5-9(14-4-2)8-11(10)16-12/h3,5-6,8H,1,4,7H2,2H3. The number of aromatic nitrogens is 1. The second kappa shape index (κ2) is 6.33. The maximum Gasteiger partial charge on any atom is 0.161 e. The number of rotatable bonds is 6. The van der Waals surface area contributed by atoms with Crippen molar-refractivity contribution in [1.82, 2.24) is 4.98 Å². The average Bonchev–Trinajstić information content (AvgIpc) is 2.72. The third kappa shape index (κ3) is 3.40. The van der Waals surface area contributed by atoms with Crippen LogP contribution in [0.1, 0.15) is 6.92 Å². The van der Waals surface area contributed by atoms with E-state index >= 15 is 0 Å². The summed E-state index contributed by atoms with van der Waals surface area (Å²) >= 11 is 1.70. The van der Waals surface area contributed by atoms with Crippen molar-refractivity contribution < 1.29 is 4.74 Å². The van der Waals surface area contributed by atoms with Crippen molar-refractivity contribution in [3.05, 3.63) is 30.9 Å². The van der Waals surface area contributed by atoms with Gasteiger partial charge in [-0.2, -0.15) is 0 Å². The van der Waals surface area contributed by atoms with Gasteiger partial charge in [0.25, 0.3) is 0 Å². The second-order valence-electron chi connectivity index (χ2n) is 3.20. The van der Waals surface area contributed by atoms with E-state index in [0.29, 0.717) is 6.61 Å². The molecule has 0 unspecified atom stereocenters. The first kappa shape index (κ1) is 12.8. The van der Waals surface area contributed by atoms with E-state index in [9.17, 15) is 0 Å². The zero-order valence-corrected chi connectivity index (χ0v) is 12.0. The van der Waals surface area contributed by atoms with Gasteiger partial charge in [0, 0.05) is 5.75 Å². The van der Waals surface area contributed by atoms with Gasteiger partial charge in [-0.3, -0.25) is 0 Å². The molecule has 17 heavy (non-hydrogen) atoms. The van der Waals surface area contributed by atoms with E-state index in [0.717, 1.165) is 21.4 Å². The zero-order chi connectivity index (χ0) is 12.1. The third-order valence-corrected chi connectivity index (χ3v) is 5.56. The first-order chi connectivity index (χ1) is 8.33. The van der Waals surface area contributed by atoms with Crippen LogP contribution < -0.4 is 4.74 Å². The van der Waals surface area contributed by atoms with E-state index in [-0.39, 0.29) is 0 Å². The van der Waals surface area contributed by atoms with E-state index in [1.807, 2.05) is 25.1 Å². The minimum Gasteiger partial charge on any atom is -0.494 e. The summed E-state index contributed by atoms with van der Waals surface area (Å²) in [5, 5.41) is 0. The summed E-state index contributed by atoms with van der Waals surface area (Å²) in [5.41, 5.74) is 1.04. The number of hydrogen-bond donors (Lipinski definition) is 0. The van der Waals surface area contributed by atoms with Crippen LogP contribution in [0.4, 0.5) is 0 Å². The summed E-state index contributed by atoms with van der Waals surface area (Å²) < 4.78 is 7.74. The molecule has 90 valence electrons. The molecule has 0 atom stereocenters. The summed E-state index contributed by atoms with van der Waals surface area (Å²) in [6.07, 6.45) is 1.90. The van der Waals surface area contributed by atoms with Gasteiger partial charge in [0.2, 0.25) is 0 Å². The lowest BCUT2D eigenvalue weighted by molar-refractivity contribution is 0.341. The molecule has 1 aromatic heterocycles. The molecule has 0 bridgehead atoms. The monoisotopic (exact) mass is 283 g/mol. The highest BCUT2D eigenvalue weighted by Gasteiger charge is 2.05. The largest absolute Gasteiger partial charge is 0.494 e. The Kier molecular flexibility index (Phi) is 4.76. The molecule has 0 fully saturated rings. The quantitative estimate of drug-likeness (QED) is 0.438. The topological polar surface area (TPSA) is 22.1 Å². The predicted molar refractivity (Wildman–Crippen MR) is 79.3 cm³/mol.